The van der Waals surface area contributed by atoms with Crippen molar-refractivity contribution in [1.29, 1.82) is 0 Å². The van der Waals surface area contributed by atoms with Crippen LogP contribution in [0.2, 0.25) is 0 Å². The predicted octanol–water partition coefficient (Wildman–Crippen LogP) is 7.40. The van der Waals surface area contributed by atoms with Crippen molar-refractivity contribution in [3.05, 3.63) is 80.5 Å². The number of thiophene rings is 1. The number of benzene rings is 2. The maximum absolute atomic E-state index is 14.1. The van der Waals surface area contributed by atoms with E-state index in [2.05, 4.69) is 45.0 Å². The minimum absolute atomic E-state index is 0.0454. The summed E-state index contributed by atoms with van der Waals surface area (Å²) in [5.41, 5.74) is 4.40. The van der Waals surface area contributed by atoms with Crippen LogP contribution in [-0.2, 0) is 17.9 Å². The molecule has 0 amide bonds. The van der Waals surface area contributed by atoms with Gasteiger partial charge in [-0.25, -0.2) is 4.98 Å². The van der Waals surface area contributed by atoms with Gasteiger partial charge in [-0.2, -0.15) is 0 Å². The molecule has 0 radical (unpaired) electrons. The molecule has 0 N–H and O–H groups in total. The topological polar surface area (TPSA) is 44.1 Å². The second-order valence-electron chi connectivity index (χ2n) is 9.88. The smallest absolute Gasteiger partial charge is 0.267 e. The van der Waals surface area contributed by atoms with Gasteiger partial charge in [-0.05, 0) is 68.1 Å². The van der Waals surface area contributed by atoms with Crippen LogP contribution in [0.15, 0.2) is 58.5 Å². The fraction of sp³-hybridized carbons (Fsp3) is 0.357. The summed E-state index contributed by atoms with van der Waals surface area (Å²) in [4.78, 5) is 21.3. The highest BCUT2D eigenvalue weighted by Gasteiger charge is 2.31. The summed E-state index contributed by atoms with van der Waals surface area (Å²) < 4.78 is 7.72. The molecule has 0 unspecified atom stereocenters. The molecule has 0 bridgehead atoms. The highest BCUT2D eigenvalue weighted by atomic mass is 32.2. The van der Waals surface area contributed by atoms with Gasteiger partial charge in [-0.15, -0.1) is 23.1 Å². The van der Waals surface area contributed by atoms with Crippen molar-refractivity contribution in [3.63, 3.8) is 0 Å². The minimum atomic E-state index is 0.0454. The zero-order chi connectivity index (χ0) is 24.7. The first-order valence-electron chi connectivity index (χ1n) is 11.9. The van der Waals surface area contributed by atoms with Crippen LogP contribution in [0.25, 0.3) is 15.9 Å². The number of ether oxygens (including phenoxy) is 1. The number of fused-ring (bicyclic) bond motifs is 3. The lowest BCUT2D eigenvalue weighted by Gasteiger charge is -2.28. The fourth-order valence-electron chi connectivity index (χ4n) is 4.35. The summed E-state index contributed by atoms with van der Waals surface area (Å²) in [5.74, 6) is 2.54. The highest BCUT2D eigenvalue weighted by molar-refractivity contribution is 8.00. The molecule has 1 aliphatic heterocycles. The van der Waals surface area contributed by atoms with Gasteiger partial charge in [-0.3, -0.25) is 9.36 Å². The molecule has 3 heterocycles. The van der Waals surface area contributed by atoms with Crippen LogP contribution in [0.5, 0.6) is 5.75 Å². The fourth-order valence-corrected chi connectivity index (χ4v) is 7.70. The summed E-state index contributed by atoms with van der Waals surface area (Å²) in [5, 5.41) is 1.54. The van der Waals surface area contributed by atoms with Crippen LogP contribution in [0.3, 0.4) is 0 Å². The predicted molar refractivity (Wildman–Crippen MR) is 151 cm³/mol. The zero-order valence-corrected chi connectivity index (χ0v) is 23.2. The Morgan fingerprint density at radius 3 is 2.66 bits per heavy atom. The van der Waals surface area contributed by atoms with E-state index in [0.29, 0.717) is 0 Å². The zero-order valence-electron chi connectivity index (χ0n) is 20.8. The number of hydrogen-bond donors (Lipinski definition) is 0. The normalized spacial score (nSPS) is 14.9. The maximum Gasteiger partial charge on any atom is 0.267 e. The van der Waals surface area contributed by atoms with E-state index >= 15 is 0 Å². The molecular weight excluding hydrogens is 493 g/mol. The quantitative estimate of drug-likeness (QED) is 0.195. The van der Waals surface area contributed by atoms with Gasteiger partial charge >= 0.3 is 0 Å². The molecule has 182 valence electrons. The van der Waals surface area contributed by atoms with Crippen LogP contribution >= 0.6 is 34.9 Å². The van der Waals surface area contributed by atoms with E-state index in [-0.39, 0.29) is 16.4 Å². The van der Waals surface area contributed by atoms with Crippen molar-refractivity contribution in [1.82, 2.24) is 9.55 Å². The lowest BCUT2D eigenvalue weighted by molar-refractivity contribution is 0.242. The Kier molecular flexibility index (Phi) is 6.77. The molecule has 4 aromatic rings. The van der Waals surface area contributed by atoms with Gasteiger partial charge in [0.1, 0.15) is 10.6 Å². The van der Waals surface area contributed by atoms with Gasteiger partial charge in [-0.1, -0.05) is 49.9 Å². The van der Waals surface area contributed by atoms with E-state index in [9.17, 15) is 4.79 Å². The van der Waals surface area contributed by atoms with Crippen LogP contribution in [-0.4, -0.2) is 20.4 Å². The first-order valence-corrected chi connectivity index (χ1v) is 14.7. The second kappa shape index (κ2) is 9.68. The Balaban J connectivity index is 1.57. The summed E-state index contributed by atoms with van der Waals surface area (Å²) >= 11 is 5.26. The number of aryl methyl sites for hydroxylation is 1. The molecule has 0 fully saturated rings. The van der Waals surface area contributed by atoms with Gasteiger partial charge in [0.05, 0.1) is 17.2 Å². The average molecular weight is 523 g/mol. The lowest BCUT2D eigenvalue weighted by atomic mass is 10.00. The van der Waals surface area contributed by atoms with Gasteiger partial charge < -0.3 is 4.74 Å². The van der Waals surface area contributed by atoms with Crippen LogP contribution in [0, 0.1) is 6.92 Å². The molecule has 35 heavy (non-hydrogen) atoms. The third kappa shape index (κ3) is 5.18. The molecule has 0 spiro atoms. The van der Waals surface area contributed by atoms with Gasteiger partial charge in [0.15, 0.2) is 5.16 Å². The van der Waals surface area contributed by atoms with Gasteiger partial charge in [0.25, 0.3) is 5.56 Å². The Morgan fingerprint density at radius 1 is 1.17 bits per heavy atom. The van der Waals surface area contributed by atoms with Crippen molar-refractivity contribution < 1.29 is 4.74 Å². The first kappa shape index (κ1) is 24.5. The first-order chi connectivity index (χ1) is 16.7. The van der Waals surface area contributed by atoms with E-state index < -0.39 is 0 Å². The van der Waals surface area contributed by atoms with Gasteiger partial charge in [0.2, 0.25) is 0 Å². The molecule has 1 aliphatic rings. The van der Waals surface area contributed by atoms with E-state index in [4.69, 9.17) is 9.72 Å². The number of hydrogen-bond acceptors (Lipinski definition) is 6. The van der Waals surface area contributed by atoms with Crippen LogP contribution < -0.4 is 10.3 Å². The third-order valence-corrected chi connectivity index (χ3v) is 9.67. The number of nitrogens with zero attached hydrogens (tertiary/aromatic N) is 2. The molecule has 0 aliphatic carbocycles. The lowest BCUT2D eigenvalue weighted by Crippen LogP contribution is -2.26. The molecule has 0 saturated carbocycles. The Morgan fingerprint density at radius 2 is 1.94 bits per heavy atom. The Hall–Kier alpha value is -2.22. The minimum Gasteiger partial charge on any atom is -0.491 e. The Labute approximate surface area is 219 Å². The van der Waals surface area contributed by atoms with E-state index in [0.717, 1.165) is 50.3 Å². The molecule has 0 atom stereocenters. The maximum atomic E-state index is 14.1. The number of rotatable bonds is 6. The van der Waals surface area contributed by atoms with Crippen LogP contribution in [0.4, 0.5) is 0 Å². The van der Waals surface area contributed by atoms with Crippen molar-refractivity contribution in [2.75, 3.05) is 0 Å². The average Bonchev–Trinajstić information content (AvgIpc) is 3.15. The van der Waals surface area contributed by atoms with E-state index in [1.807, 2.05) is 54.4 Å². The van der Waals surface area contributed by atoms with Crippen molar-refractivity contribution in [2.45, 2.75) is 68.6 Å². The molecule has 2 aromatic heterocycles. The third-order valence-electron chi connectivity index (χ3n) is 6.00. The van der Waals surface area contributed by atoms with Crippen molar-refractivity contribution in [2.24, 2.45) is 0 Å². The SMILES string of the molecule is Cc1cccc(-n2c(SCc3ccc(OC(C)C)cc3)nc3sc4c(c3c2=O)CC(C)(C)SC4)c1. The summed E-state index contributed by atoms with van der Waals surface area (Å²) in [6.45, 7) is 10.6. The summed E-state index contributed by atoms with van der Waals surface area (Å²) in [7, 11) is 0. The Bertz CT molecular complexity index is 1440. The number of thioether (sulfide) groups is 2. The van der Waals surface area contributed by atoms with Gasteiger partial charge in [0, 0.05) is 21.1 Å². The number of aromatic nitrogens is 2. The van der Waals surface area contributed by atoms with E-state index in [1.54, 1.807) is 23.1 Å². The molecule has 2 aromatic carbocycles. The van der Waals surface area contributed by atoms with Crippen molar-refractivity contribution in [3.8, 4) is 11.4 Å². The largest absolute Gasteiger partial charge is 0.491 e. The molecule has 7 heteroatoms. The standard InChI is InChI=1S/C28H30N2O2S3/c1-17(2)32-21-11-9-19(10-12-21)15-33-27-29-25-24(22-14-28(4,5)34-16-23(22)35-25)26(31)30(27)20-8-6-7-18(3)13-20/h6-13,17H,14-16H2,1-5H3. The van der Waals surface area contributed by atoms with E-state index in [1.165, 1.54) is 16.0 Å². The molecule has 0 saturated heterocycles. The molecule has 5 rings (SSSR count). The molecule has 4 nitrogen and oxygen atoms in total. The highest BCUT2D eigenvalue weighted by Crippen LogP contribution is 2.44. The monoisotopic (exact) mass is 522 g/mol. The second-order valence-corrected chi connectivity index (χ2v) is 13.6. The summed E-state index contributed by atoms with van der Waals surface area (Å²) in [6, 6.07) is 16.3. The molecular formula is C28H30N2O2S3. The van der Waals surface area contributed by atoms with Crippen LogP contribution in [0.1, 0.15) is 49.3 Å². The summed E-state index contributed by atoms with van der Waals surface area (Å²) in [6.07, 6.45) is 1.05. The van der Waals surface area contributed by atoms with Crippen molar-refractivity contribution >= 4 is 45.1 Å².